The molecule has 0 aliphatic carbocycles. The Labute approximate surface area is 124 Å². The van der Waals surface area contributed by atoms with Crippen molar-refractivity contribution in [1.82, 2.24) is 10.3 Å². The molecule has 2 heterocycles. The summed E-state index contributed by atoms with van der Waals surface area (Å²) in [7, 11) is 0. The lowest BCUT2D eigenvalue weighted by atomic mass is 10.1. The Balaban J connectivity index is 1.94. The number of aromatic nitrogens is 1. The van der Waals surface area contributed by atoms with Crippen LogP contribution in [0.5, 0.6) is 0 Å². The van der Waals surface area contributed by atoms with E-state index >= 15 is 0 Å². The van der Waals surface area contributed by atoms with Crippen LogP contribution in [0.1, 0.15) is 23.4 Å². The van der Waals surface area contributed by atoms with Gasteiger partial charge >= 0.3 is 6.18 Å². The summed E-state index contributed by atoms with van der Waals surface area (Å²) in [6.45, 7) is 4.02. The molecule has 3 rings (SSSR count). The van der Waals surface area contributed by atoms with Crippen LogP contribution >= 0.6 is 11.3 Å². The molecule has 0 radical (unpaired) electrons. The van der Waals surface area contributed by atoms with E-state index in [-0.39, 0.29) is 12.0 Å². The normalized spacial score (nSPS) is 23.0. The van der Waals surface area contributed by atoms with Gasteiger partial charge in [-0.05, 0) is 24.7 Å². The van der Waals surface area contributed by atoms with Crippen molar-refractivity contribution < 1.29 is 17.9 Å². The van der Waals surface area contributed by atoms with E-state index < -0.39 is 11.7 Å². The third-order valence-corrected chi connectivity index (χ3v) is 4.76. The molecule has 7 heteroatoms. The minimum absolute atomic E-state index is 0.108. The van der Waals surface area contributed by atoms with Crippen molar-refractivity contribution in [2.24, 2.45) is 0 Å². The van der Waals surface area contributed by atoms with E-state index in [1.807, 2.05) is 6.92 Å². The zero-order valence-electron chi connectivity index (χ0n) is 11.4. The van der Waals surface area contributed by atoms with Crippen LogP contribution in [-0.4, -0.2) is 30.8 Å². The summed E-state index contributed by atoms with van der Waals surface area (Å²) in [5, 5.41) is 4.18. The van der Waals surface area contributed by atoms with Crippen molar-refractivity contribution in [2.45, 2.75) is 25.1 Å². The van der Waals surface area contributed by atoms with Gasteiger partial charge in [-0.2, -0.15) is 13.2 Å². The van der Waals surface area contributed by atoms with Gasteiger partial charge in [0.2, 0.25) is 0 Å². The summed E-state index contributed by atoms with van der Waals surface area (Å²) < 4.78 is 44.4. The van der Waals surface area contributed by atoms with E-state index in [1.54, 1.807) is 0 Å². The highest BCUT2D eigenvalue weighted by atomic mass is 32.1. The first-order chi connectivity index (χ1) is 9.99. The van der Waals surface area contributed by atoms with Crippen LogP contribution in [0, 0.1) is 0 Å². The maximum atomic E-state index is 12.7. The average Bonchev–Trinajstić information content (AvgIpc) is 3.02. The fourth-order valence-electron chi connectivity index (χ4n) is 2.54. The largest absolute Gasteiger partial charge is 0.416 e. The van der Waals surface area contributed by atoms with Gasteiger partial charge in [0, 0.05) is 6.04 Å². The number of likely N-dealkylation sites (N-methyl/N-ethyl adjacent to an activating group) is 1. The van der Waals surface area contributed by atoms with E-state index in [9.17, 15) is 13.2 Å². The van der Waals surface area contributed by atoms with E-state index in [0.717, 1.165) is 28.4 Å². The number of nitrogens with zero attached hydrogens (tertiary/aromatic N) is 1. The molecule has 3 nitrogen and oxygen atoms in total. The second-order valence-electron chi connectivity index (χ2n) is 5.04. The molecule has 21 heavy (non-hydrogen) atoms. The van der Waals surface area contributed by atoms with Crippen molar-refractivity contribution >= 4 is 21.6 Å². The van der Waals surface area contributed by atoms with E-state index in [1.165, 1.54) is 17.4 Å². The fraction of sp³-hybridized carbons (Fsp3) is 0.500. The SMILES string of the molecule is CCNC1COCC1c1nc2cc(C(F)(F)F)ccc2s1. The van der Waals surface area contributed by atoms with Crippen molar-refractivity contribution in [1.29, 1.82) is 0 Å². The number of hydrogen-bond acceptors (Lipinski definition) is 4. The summed E-state index contributed by atoms with van der Waals surface area (Å²) in [6, 6.07) is 3.90. The molecule has 1 aromatic heterocycles. The number of thiazole rings is 1. The number of halogens is 3. The number of rotatable bonds is 3. The fourth-order valence-corrected chi connectivity index (χ4v) is 3.64. The minimum atomic E-state index is -4.33. The summed E-state index contributed by atoms with van der Waals surface area (Å²) >= 11 is 1.45. The Morgan fingerprint density at radius 1 is 1.38 bits per heavy atom. The lowest BCUT2D eigenvalue weighted by Gasteiger charge is -2.15. The Bertz CT molecular complexity index is 641. The van der Waals surface area contributed by atoms with Crippen molar-refractivity contribution in [3.8, 4) is 0 Å². The molecule has 114 valence electrons. The lowest BCUT2D eigenvalue weighted by molar-refractivity contribution is -0.137. The maximum Gasteiger partial charge on any atom is 0.416 e. The molecule has 1 fully saturated rings. The van der Waals surface area contributed by atoms with Crippen LogP contribution in [0.25, 0.3) is 10.2 Å². The Kier molecular flexibility index (Phi) is 3.90. The van der Waals surface area contributed by atoms with Gasteiger partial charge in [0.15, 0.2) is 0 Å². The molecular formula is C14H15F3N2OS. The smallest absolute Gasteiger partial charge is 0.379 e. The van der Waals surface area contributed by atoms with E-state index in [4.69, 9.17) is 4.74 Å². The zero-order valence-corrected chi connectivity index (χ0v) is 12.2. The number of ether oxygens (including phenoxy) is 1. The van der Waals surface area contributed by atoms with Gasteiger partial charge in [-0.1, -0.05) is 6.92 Å². The first-order valence-electron chi connectivity index (χ1n) is 6.78. The third-order valence-electron chi connectivity index (χ3n) is 3.60. The molecule has 2 unspecified atom stereocenters. The third kappa shape index (κ3) is 2.90. The van der Waals surface area contributed by atoms with E-state index in [0.29, 0.717) is 18.7 Å². The Morgan fingerprint density at radius 3 is 2.90 bits per heavy atom. The quantitative estimate of drug-likeness (QED) is 0.942. The van der Waals surface area contributed by atoms with Gasteiger partial charge in [0.05, 0.1) is 34.9 Å². The zero-order chi connectivity index (χ0) is 15.0. The highest BCUT2D eigenvalue weighted by molar-refractivity contribution is 7.18. The number of nitrogens with one attached hydrogen (secondary N) is 1. The number of hydrogen-bond donors (Lipinski definition) is 1. The predicted octanol–water partition coefficient (Wildman–Crippen LogP) is 3.41. The van der Waals surface area contributed by atoms with Gasteiger partial charge in [-0.15, -0.1) is 11.3 Å². The maximum absolute atomic E-state index is 12.7. The van der Waals surface area contributed by atoms with E-state index in [2.05, 4.69) is 10.3 Å². The van der Waals surface area contributed by atoms with Crippen molar-refractivity contribution in [3.63, 3.8) is 0 Å². The number of alkyl halides is 3. The van der Waals surface area contributed by atoms with Gasteiger partial charge in [-0.3, -0.25) is 0 Å². The van der Waals surface area contributed by atoms with Gasteiger partial charge in [0.1, 0.15) is 5.01 Å². The molecule has 2 atom stereocenters. The monoisotopic (exact) mass is 316 g/mol. The van der Waals surface area contributed by atoms with Crippen molar-refractivity contribution in [3.05, 3.63) is 28.8 Å². The van der Waals surface area contributed by atoms with Crippen LogP contribution in [0.3, 0.4) is 0 Å². The number of fused-ring (bicyclic) bond motifs is 1. The molecular weight excluding hydrogens is 301 g/mol. The highest BCUT2D eigenvalue weighted by Crippen LogP contribution is 2.36. The van der Waals surface area contributed by atoms with Gasteiger partial charge < -0.3 is 10.1 Å². The molecule has 0 spiro atoms. The average molecular weight is 316 g/mol. The second kappa shape index (κ2) is 5.55. The Hall–Kier alpha value is -1.18. The minimum Gasteiger partial charge on any atom is -0.379 e. The predicted molar refractivity (Wildman–Crippen MR) is 75.6 cm³/mol. The van der Waals surface area contributed by atoms with Crippen LogP contribution in [-0.2, 0) is 10.9 Å². The second-order valence-corrected chi connectivity index (χ2v) is 6.10. The highest BCUT2D eigenvalue weighted by Gasteiger charge is 2.33. The molecule has 1 saturated heterocycles. The Morgan fingerprint density at radius 2 is 2.19 bits per heavy atom. The van der Waals surface area contributed by atoms with Crippen LogP contribution in [0.2, 0.25) is 0 Å². The molecule has 1 N–H and O–H groups in total. The summed E-state index contributed by atoms with van der Waals surface area (Å²) in [5.41, 5.74) is -0.246. The first kappa shape index (κ1) is 14.7. The molecule has 2 aromatic rings. The molecule has 1 aliphatic heterocycles. The topological polar surface area (TPSA) is 34.1 Å². The molecule has 0 amide bonds. The lowest BCUT2D eigenvalue weighted by Crippen LogP contribution is -2.34. The van der Waals surface area contributed by atoms with Gasteiger partial charge in [-0.25, -0.2) is 4.98 Å². The summed E-state index contributed by atoms with van der Waals surface area (Å²) in [4.78, 5) is 4.40. The van der Waals surface area contributed by atoms with Crippen LogP contribution in [0.4, 0.5) is 13.2 Å². The standard InChI is InChI=1S/C14H15F3N2OS/c1-2-18-11-7-20-6-9(11)13-19-10-5-8(14(15,16)17)3-4-12(10)21-13/h3-5,9,11,18H,2,6-7H2,1H3. The summed E-state index contributed by atoms with van der Waals surface area (Å²) in [6.07, 6.45) is -4.33. The first-order valence-corrected chi connectivity index (χ1v) is 7.59. The number of benzene rings is 1. The molecule has 0 bridgehead atoms. The summed E-state index contributed by atoms with van der Waals surface area (Å²) in [5.74, 6) is 0.108. The van der Waals surface area contributed by atoms with Gasteiger partial charge in [0.25, 0.3) is 0 Å². The molecule has 1 aliphatic rings. The van der Waals surface area contributed by atoms with Crippen LogP contribution in [0.15, 0.2) is 18.2 Å². The van der Waals surface area contributed by atoms with Crippen molar-refractivity contribution in [2.75, 3.05) is 19.8 Å². The molecule has 1 aromatic carbocycles. The molecule has 0 saturated carbocycles. The van der Waals surface area contributed by atoms with Crippen LogP contribution < -0.4 is 5.32 Å².